The first-order valence-corrected chi connectivity index (χ1v) is 12.3. The van der Waals surface area contributed by atoms with Crippen LogP contribution in [0.15, 0.2) is 42.5 Å². The number of hydrogen-bond acceptors (Lipinski definition) is 3. The molecule has 2 heterocycles. The highest BCUT2D eigenvalue weighted by Gasteiger charge is 2.26. The Kier molecular flexibility index (Phi) is 7.52. The number of carbonyl (C=O) groups excluding carboxylic acids is 3. The molecule has 0 saturated carbocycles. The number of aromatic nitrogens is 1. The lowest BCUT2D eigenvalue weighted by molar-refractivity contribution is -0.114. The van der Waals surface area contributed by atoms with E-state index in [1.807, 2.05) is 45.0 Å². The number of rotatable bonds is 7. The van der Waals surface area contributed by atoms with Crippen molar-refractivity contribution < 1.29 is 14.4 Å². The van der Waals surface area contributed by atoms with Gasteiger partial charge in [0, 0.05) is 39.3 Å². The smallest absolute Gasteiger partial charge is 0.256 e. The Hall–Kier alpha value is -3.55. The summed E-state index contributed by atoms with van der Waals surface area (Å²) in [6, 6.07) is 12.5. The molecule has 2 aromatic carbocycles. The third-order valence-corrected chi connectivity index (χ3v) is 6.50. The monoisotopic (exact) mass is 524 g/mol. The van der Waals surface area contributed by atoms with Crippen molar-refractivity contribution in [3.05, 3.63) is 81.1 Å². The summed E-state index contributed by atoms with van der Waals surface area (Å²) in [7, 11) is 0. The predicted octanol–water partition coefficient (Wildman–Crippen LogP) is 5.32. The van der Waals surface area contributed by atoms with Crippen LogP contribution in [0.5, 0.6) is 0 Å². The molecule has 0 spiro atoms. The Balaban J connectivity index is 1.57. The molecule has 1 atom stereocenters. The van der Waals surface area contributed by atoms with Gasteiger partial charge in [-0.25, -0.2) is 0 Å². The van der Waals surface area contributed by atoms with E-state index in [1.54, 1.807) is 24.3 Å². The minimum atomic E-state index is -0.315. The molecule has 186 valence electrons. The van der Waals surface area contributed by atoms with Crippen molar-refractivity contribution in [1.82, 2.24) is 10.3 Å². The molecule has 0 fully saturated rings. The first-order chi connectivity index (χ1) is 17.2. The van der Waals surface area contributed by atoms with Crippen molar-refractivity contribution >= 4 is 63.9 Å². The number of benzene rings is 2. The van der Waals surface area contributed by atoms with Crippen molar-refractivity contribution in [2.24, 2.45) is 0 Å². The summed E-state index contributed by atoms with van der Waals surface area (Å²) in [4.78, 5) is 40.7. The Morgan fingerprint density at radius 1 is 1.14 bits per heavy atom. The molecule has 1 aliphatic rings. The average Bonchev–Trinajstić information content (AvgIpc) is 3.28. The molecule has 3 aromatic rings. The molecule has 0 bridgehead atoms. The van der Waals surface area contributed by atoms with E-state index < -0.39 is 0 Å². The van der Waals surface area contributed by atoms with Crippen molar-refractivity contribution in [3.8, 4) is 0 Å². The number of anilines is 2. The molecular formula is C27H26Cl2N4O3. The molecule has 4 N–H and O–H groups in total. The molecule has 0 aliphatic carbocycles. The molecule has 7 nitrogen and oxygen atoms in total. The topological polar surface area (TPSA) is 103 Å². The van der Waals surface area contributed by atoms with Gasteiger partial charge < -0.3 is 20.9 Å². The lowest BCUT2D eigenvalue weighted by Gasteiger charge is -2.15. The van der Waals surface area contributed by atoms with Crippen molar-refractivity contribution in [2.45, 2.75) is 33.2 Å². The van der Waals surface area contributed by atoms with E-state index in [1.165, 1.54) is 0 Å². The molecular weight excluding hydrogens is 499 g/mol. The van der Waals surface area contributed by atoms with Crippen LogP contribution in [0.25, 0.3) is 11.6 Å². The first-order valence-electron chi connectivity index (χ1n) is 11.4. The van der Waals surface area contributed by atoms with Crippen LogP contribution in [-0.4, -0.2) is 34.6 Å². The average molecular weight is 525 g/mol. The summed E-state index contributed by atoms with van der Waals surface area (Å²) in [6.45, 7) is 5.60. The lowest BCUT2D eigenvalue weighted by Crippen LogP contribution is -2.34. The summed E-state index contributed by atoms with van der Waals surface area (Å²) >= 11 is 11.7. The second kappa shape index (κ2) is 10.6. The number of H-pyrrole nitrogens is 1. The van der Waals surface area contributed by atoms with Gasteiger partial charge >= 0.3 is 0 Å². The lowest BCUT2D eigenvalue weighted by atomic mass is 10.0. The van der Waals surface area contributed by atoms with Gasteiger partial charge in [-0.15, -0.1) is 11.6 Å². The van der Waals surface area contributed by atoms with Crippen LogP contribution in [0.3, 0.4) is 0 Å². The summed E-state index contributed by atoms with van der Waals surface area (Å²) in [6.07, 6.45) is 2.36. The minimum Gasteiger partial charge on any atom is -0.357 e. The number of hydrogen-bond donors (Lipinski definition) is 4. The van der Waals surface area contributed by atoms with Crippen LogP contribution >= 0.6 is 23.2 Å². The van der Waals surface area contributed by atoms with Gasteiger partial charge in [-0.1, -0.05) is 23.7 Å². The van der Waals surface area contributed by atoms with Gasteiger partial charge in [-0.2, -0.15) is 0 Å². The van der Waals surface area contributed by atoms with E-state index in [4.69, 9.17) is 23.2 Å². The highest BCUT2D eigenvalue weighted by molar-refractivity contribution is 6.35. The molecule has 4 rings (SSSR count). The maximum Gasteiger partial charge on any atom is 0.256 e. The largest absolute Gasteiger partial charge is 0.357 e. The maximum absolute atomic E-state index is 13.0. The van der Waals surface area contributed by atoms with Crippen molar-refractivity contribution in [2.75, 3.05) is 16.5 Å². The zero-order valence-electron chi connectivity index (χ0n) is 20.1. The minimum absolute atomic E-state index is 0.120. The van der Waals surface area contributed by atoms with Gasteiger partial charge in [-0.3, -0.25) is 14.4 Å². The fourth-order valence-electron chi connectivity index (χ4n) is 4.27. The second-order valence-corrected chi connectivity index (χ2v) is 9.53. The summed E-state index contributed by atoms with van der Waals surface area (Å²) < 4.78 is 0. The summed E-state index contributed by atoms with van der Waals surface area (Å²) in [5.74, 6) is -0.970. The molecule has 1 aliphatic heterocycles. The van der Waals surface area contributed by atoms with E-state index in [-0.39, 0.29) is 29.6 Å². The SMILES string of the molecule is Cc1[nH]c(/C=C2\C(=O)Nc3ccc(C(=O)N[C@H](C)Cc4cccc(Cl)c4)cc32)c(C)c1NC(=O)CCl. The maximum atomic E-state index is 13.0. The van der Waals surface area contributed by atoms with Crippen LogP contribution in [0.2, 0.25) is 5.02 Å². The van der Waals surface area contributed by atoms with Gasteiger partial charge in [0.25, 0.3) is 11.8 Å². The highest BCUT2D eigenvalue weighted by Crippen LogP contribution is 2.35. The standard InChI is InChI=1S/C27H26Cl2N4O3/c1-14(9-17-5-4-6-19(29)10-17)30-26(35)18-7-8-22-20(11-18)21(27(36)32-22)12-23-15(2)25(16(3)31-23)33-24(34)13-28/h4-8,10-12,14,31H,9,13H2,1-3H3,(H,30,35)(H,32,36)(H,33,34)/b21-12-/t14-/m1/s1. The van der Waals surface area contributed by atoms with Crippen molar-refractivity contribution in [1.29, 1.82) is 0 Å². The fourth-order valence-corrected chi connectivity index (χ4v) is 4.55. The van der Waals surface area contributed by atoms with Gasteiger partial charge in [0.2, 0.25) is 5.91 Å². The molecule has 9 heteroatoms. The third-order valence-electron chi connectivity index (χ3n) is 6.02. The van der Waals surface area contributed by atoms with Crippen LogP contribution in [0, 0.1) is 13.8 Å². The third kappa shape index (κ3) is 5.48. The number of alkyl halides is 1. The Labute approximate surface area is 219 Å². The normalized spacial score (nSPS) is 14.4. The van der Waals surface area contributed by atoms with Gasteiger partial charge in [0.15, 0.2) is 0 Å². The molecule has 3 amide bonds. The molecule has 0 saturated heterocycles. The Bertz CT molecular complexity index is 1390. The predicted molar refractivity (Wildman–Crippen MR) is 145 cm³/mol. The van der Waals surface area contributed by atoms with E-state index in [9.17, 15) is 14.4 Å². The number of amides is 3. The molecule has 0 radical (unpaired) electrons. The van der Waals surface area contributed by atoms with Crippen LogP contribution in [0.4, 0.5) is 11.4 Å². The number of aryl methyl sites for hydroxylation is 1. The first kappa shape index (κ1) is 25.5. The summed E-state index contributed by atoms with van der Waals surface area (Å²) in [5.41, 5.74) is 6.01. The molecule has 36 heavy (non-hydrogen) atoms. The zero-order valence-corrected chi connectivity index (χ0v) is 21.6. The van der Waals surface area contributed by atoms with E-state index >= 15 is 0 Å². The van der Waals surface area contributed by atoms with E-state index in [2.05, 4.69) is 20.9 Å². The van der Waals surface area contributed by atoms with Crippen molar-refractivity contribution in [3.63, 3.8) is 0 Å². The number of halogens is 2. The Morgan fingerprint density at radius 3 is 2.64 bits per heavy atom. The van der Waals surface area contributed by atoms with E-state index in [0.29, 0.717) is 45.2 Å². The summed E-state index contributed by atoms with van der Waals surface area (Å²) in [5, 5.41) is 9.28. The number of carbonyl (C=O) groups is 3. The highest BCUT2D eigenvalue weighted by atomic mass is 35.5. The van der Waals surface area contributed by atoms with Gasteiger partial charge in [0.1, 0.15) is 5.88 Å². The van der Waals surface area contributed by atoms with E-state index in [0.717, 1.165) is 16.8 Å². The van der Waals surface area contributed by atoms with Crippen LogP contribution in [-0.2, 0) is 16.0 Å². The number of aromatic amines is 1. The zero-order chi connectivity index (χ0) is 26.0. The van der Waals surface area contributed by atoms with Gasteiger partial charge in [-0.05, 0) is 74.7 Å². The quantitative estimate of drug-likeness (QED) is 0.248. The molecule has 1 aromatic heterocycles. The Morgan fingerprint density at radius 2 is 1.92 bits per heavy atom. The number of nitrogens with one attached hydrogen (secondary N) is 4. The molecule has 0 unspecified atom stereocenters. The van der Waals surface area contributed by atoms with Gasteiger partial charge in [0.05, 0.1) is 11.3 Å². The number of fused-ring (bicyclic) bond motifs is 1. The fraction of sp³-hybridized carbons (Fsp3) is 0.222. The second-order valence-electron chi connectivity index (χ2n) is 8.83. The van der Waals surface area contributed by atoms with Crippen LogP contribution < -0.4 is 16.0 Å². The van der Waals surface area contributed by atoms with Crippen LogP contribution in [0.1, 0.15) is 45.4 Å².